The predicted octanol–water partition coefficient (Wildman–Crippen LogP) is 1.47. The van der Waals surface area contributed by atoms with Crippen LogP contribution in [-0.2, 0) is 14.3 Å². The van der Waals surface area contributed by atoms with Crippen molar-refractivity contribution in [2.24, 2.45) is 5.16 Å². The lowest BCUT2D eigenvalue weighted by molar-refractivity contribution is -0.141. The van der Waals surface area contributed by atoms with E-state index in [0.717, 1.165) is 5.56 Å². The highest BCUT2D eigenvalue weighted by Crippen LogP contribution is 2.28. The fourth-order valence-corrected chi connectivity index (χ4v) is 1.79. The maximum absolute atomic E-state index is 11.4. The fraction of sp³-hybridized carbons (Fsp3) is 0.583. The van der Waals surface area contributed by atoms with Gasteiger partial charge in [-0.15, -0.1) is 0 Å². The molecule has 0 bridgehead atoms. The second kappa shape index (κ2) is 7.52. The zero-order chi connectivity index (χ0) is 14.3. The number of carbonyl (C=O) groups is 1. The summed E-state index contributed by atoms with van der Waals surface area (Å²) < 4.78 is 14.9. The van der Waals surface area contributed by atoms with Crippen LogP contribution < -0.4 is 0 Å². The third-order valence-electron chi connectivity index (χ3n) is 2.86. The summed E-state index contributed by atoms with van der Waals surface area (Å²) in [5.41, 5.74) is 1.17. The van der Waals surface area contributed by atoms with Gasteiger partial charge in [-0.2, -0.15) is 0 Å². The van der Waals surface area contributed by atoms with Crippen LogP contribution in [0.4, 0.5) is 0 Å². The molecule has 19 heavy (non-hydrogen) atoms. The fourth-order valence-electron chi connectivity index (χ4n) is 1.79. The number of carbonyl (C=O) groups excluding carboxylic acids is 1. The molecule has 1 aromatic rings. The van der Waals surface area contributed by atoms with E-state index >= 15 is 0 Å². The Kier molecular flexibility index (Phi) is 6.01. The van der Waals surface area contributed by atoms with E-state index in [1.807, 2.05) is 0 Å². The van der Waals surface area contributed by atoms with Crippen LogP contribution in [-0.4, -0.2) is 43.4 Å². The lowest BCUT2D eigenvalue weighted by Gasteiger charge is -2.12. The van der Waals surface area contributed by atoms with Gasteiger partial charge in [-0.1, -0.05) is 10.3 Å². The Balaban J connectivity index is 2.92. The van der Waals surface area contributed by atoms with E-state index in [1.54, 1.807) is 14.0 Å². The number of hydrogen-bond acceptors (Lipinski definition) is 7. The summed E-state index contributed by atoms with van der Waals surface area (Å²) in [6, 6.07) is 0. The Morgan fingerprint density at radius 2 is 2.32 bits per heavy atom. The highest BCUT2D eigenvalue weighted by molar-refractivity contribution is 5.78. The van der Waals surface area contributed by atoms with Crippen LogP contribution in [0.5, 0.6) is 0 Å². The van der Waals surface area contributed by atoms with Gasteiger partial charge in [0, 0.05) is 25.2 Å². The molecule has 0 aliphatic rings. The molecule has 1 unspecified atom stereocenters. The van der Waals surface area contributed by atoms with Gasteiger partial charge in [-0.05, 0) is 13.3 Å². The molecule has 1 aromatic heterocycles. The molecule has 0 aromatic carbocycles. The summed E-state index contributed by atoms with van der Waals surface area (Å²) in [5, 5.41) is 15.2. The maximum Gasteiger partial charge on any atom is 0.306 e. The molecule has 0 aliphatic carbocycles. The number of ether oxygens (including phenoxy) is 2. The van der Waals surface area contributed by atoms with Gasteiger partial charge >= 0.3 is 5.97 Å². The van der Waals surface area contributed by atoms with E-state index in [-0.39, 0.29) is 18.3 Å². The van der Waals surface area contributed by atoms with Crippen LogP contribution in [0.15, 0.2) is 9.68 Å². The molecular weight excluding hydrogens is 252 g/mol. The van der Waals surface area contributed by atoms with Crippen molar-refractivity contribution < 1.29 is 24.0 Å². The van der Waals surface area contributed by atoms with Crippen molar-refractivity contribution in [2.75, 3.05) is 20.8 Å². The Morgan fingerprint density at radius 3 is 2.89 bits per heavy atom. The van der Waals surface area contributed by atoms with Gasteiger partial charge in [0.2, 0.25) is 0 Å². The Hall–Kier alpha value is -1.89. The second-order valence-corrected chi connectivity index (χ2v) is 4.06. The lowest BCUT2D eigenvalue weighted by atomic mass is 9.95. The first-order chi connectivity index (χ1) is 9.13. The highest BCUT2D eigenvalue weighted by atomic mass is 16.5. The van der Waals surface area contributed by atoms with E-state index in [9.17, 15) is 4.79 Å². The van der Waals surface area contributed by atoms with E-state index in [4.69, 9.17) is 14.5 Å². The van der Waals surface area contributed by atoms with Crippen molar-refractivity contribution >= 4 is 12.2 Å². The predicted molar refractivity (Wildman–Crippen MR) is 66.5 cm³/mol. The third-order valence-corrected chi connectivity index (χ3v) is 2.86. The smallest absolute Gasteiger partial charge is 0.306 e. The largest absolute Gasteiger partial charge is 0.469 e. The van der Waals surface area contributed by atoms with Gasteiger partial charge in [-0.3, -0.25) is 4.79 Å². The van der Waals surface area contributed by atoms with E-state index in [0.29, 0.717) is 24.5 Å². The van der Waals surface area contributed by atoms with Gasteiger partial charge in [0.1, 0.15) is 11.5 Å². The molecular formula is C12H18N2O5. The number of nitrogens with zero attached hydrogens (tertiary/aromatic N) is 2. The molecule has 106 valence electrons. The standard InChI is InChI=1S/C12H18N2O5/c1-8-10(7-13-16)14-19-12(8)9(4-5-17-2)6-11(15)18-3/h7,9,16H,4-6H2,1-3H3/b13-7+. The summed E-state index contributed by atoms with van der Waals surface area (Å²) in [7, 11) is 2.93. The normalized spacial score (nSPS) is 12.8. The minimum atomic E-state index is -0.325. The molecule has 0 spiro atoms. The summed E-state index contributed by atoms with van der Waals surface area (Å²) >= 11 is 0. The van der Waals surface area contributed by atoms with E-state index in [2.05, 4.69) is 15.0 Å². The summed E-state index contributed by atoms with van der Waals surface area (Å²) in [4.78, 5) is 11.4. The molecule has 0 amide bonds. The molecule has 0 saturated carbocycles. The molecule has 1 heterocycles. The number of methoxy groups -OCH3 is 2. The number of oxime groups is 1. The number of esters is 1. The molecule has 1 atom stereocenters. The first kappa shape index (κ1) is 15.2. The average Bonchev–Trinajstić information content (AvgIpc) is 2.76. The quantitative estimate of drug-likeness (QED) is 0.349. The minimum absolute atomic E-state index is 0.180. The summed E-state index contributed by atoms with van der Waals surface area (Å²) in [5.74, 6) is 0.0763. The van der Waals surface area contributed by atoms with Gasteiger partial charge in [0.05, 0.1) is 19.7 Å². The molecule has 0 radical (unpaired) electrons. The second-order valence-electron chi connectivity index (χ2n) is 4.06. The zero-order valence-corrected chi connectivity index (χ0v) is 11.3. The first-order valence-corrected chi connectivity index (χ1v) is 5.83. The zero-order valence-electron chi connectivity index (χ0n) is 11.3. The molecule has 0 aliphatic heterocycles. The highest BCUT2D eigenvalue weighted by Gasteiger charge is 2.24. The van der Waals surface area contributed by atoms with Crippen LogP contribution in [0, 0.1) is 6.92 Å². The van der Waals surface area contributed by atoms with Crippen molar-refractivity contribution in [1.29, 1.82) is 0 Å². The summed E-state index contributed by atoms with van der Waals surface area (Å²) in [6.07, 6.45) is 1.98. The Bertz CT molecular complexity index is 441. The number of rotatable bonds is 7. The van der Waals surface area contributed by atoms with Gasteiger partial charge in [0.25, 0.3) is 0 Å². The molecule has 7 nitrogen and oxygen atoms in total. The van der Waals surface area contributed by atoms with Crippen molar-refractivity contribution in [3.8, 4) is 0 Å². The summed E-state index contributed by atoms with van der Waals surface area (Å²) in [6.45, 7) is 2.28. The Morgan fingerprint density at radius 1 is 1.58 bits per heavy atom. The average molecular weight is 270 g/mol. The van der Waals surface area contributed by atoms with Gasteiger partial charge in [-0.25, -0.2) is 0 Å². The molecule has 0 saturated heterocycles. The lowest BCUT2D eigenvalue weighted by Crippen LogP contribution is -2.11. The van der Waals surface area contributed by atoms with E-state index in [1.165, 1.54) is 13.3 Å². The first-order valence-electron chi connectivity index (χ1n) is 5.83. The Labute approximate surface area is 111 Å². The third kappa shape index (κ3) is 4.06. The van der Waals surface area contributed by atoms with Gasteiger partial charge < -0.3 is 19.2 Å². The monoisotopic (exact) mass is 270 g/mol. The van der Waals surface area contributed by atoms with E-state index < -0.39 is 0 Å². The maximum atomic E-state index is 11.4. The van der Waals surface area contributed by atoms with Crippen molar-refractivity contribution in [3.05, 3.63) is 17.0 Å². The van der Waals surface area contributed by atoms with Crippen LogP contribution in [0.25, 0.3) is 0 Å². The van der Waals surface area contributed by atoms with Crippen LogP contribution in [0.2, 0.25) is 0 Å². The number of hydrogen-bond donors (Lipinski definition) is 1. The minimum Gasteiger partial charge on any atom is -0.469 e. The molecule has 7 heteroatoms. The topological polar surface area (TPSA) is 94.2 Å². The van der Waals surface area contributed by atoms with Crippen LogP contribution in [0.1, 0.15) is 35.8 Å². The van der Waals surface area contributed by atoms with Crippen LogP contribution >= 0.6 is 0 Å². The van der Waals surface area contributed by atoms with Crippen LogP contribution in [0.3, 0.4) is 0 Å². The van der Waals surface area contributed by atoms with Crippen molar-refractivity contribution in [3.63, 3.8) is 0 Å². The van der Waals surface area contributed by atoms with Gasteiger partial charge in [0.15, 0.2) is 0 Å². The van der Waals surface area contributed by atoms with Crippen molar-refractivity contribution in [1.82, 2.24) is 5.16 Å². The van der Waals surface area contributed by atoms with Crippen molar-refractivity contribution in [2.45, 2.75) is 25.7 Å². The SMILES string of the molecule is COCCC(CC(=O)OC)c1onc(/C=N/O)c1C. The molecule has 0 fully saturated rings. The molecule has 1 N–H and O–H groups in total. The number of aromatic nitrogens is 1. The molecule has 1 rings (SSSR count).